The summed E-state index contributed by atoms with van der Waals surface area (Å²) in [5.74, 6) is 0.638. The van der Waals surface area contributed by atoms with Crippen LogP contribution in [0.3, 0.4) is 0 Å². The molecule has 0 atom stereocenters. The third-order valence-corrected chi connectivity index (χ3v) is 8.70. The lowest BCUT2D eigenvalue weighted by atomic mass is 9.97. The maximum atomic E-state index is 9.35. The largest absolute Gasteiger partial charge is 0.336 e. The maximum absolute atomic E-state index is 9.35. The number of para-hydroxylation sites is 1. The van der Waals surface area contributed by atoms with Crippen LogP contribution < -0.4 is 4.90 Å². The highest BCUT2D eigenvalue weighted by Gasteiger charge is 2.30. The van der Waals surface area contributed by atoms with E-state index < -0.39 is 0 Å². The van der Waals surface area contributed by atoms with Crippen LogP contribution in [0.25, 0.3) is 27.8 Å². The zero-order valence-electron chi connectivity index (χ0n) is 22.0. The molecule has 0 saturated heterocycles. The number of hydrogen-bond acceptors (Lipinski definition) is 5. The van der Waals surface area contributed by atoms with E-state index in [-0.39, 0.29) is 0 Å². The highest BCUT2D eigenvalue weighted by atomic mass is 127. The van der Waals surface area contributed by atoms with Gasteiger partial charge in [-0.05, 0) is 43.0 Å². The number of hydrogen-bond donors (Lipinski definition) is 0. The Morgan fingerprint density at radius 1 is 1.10 bits per heavy atom. The molecular formula is C30H27ClIN7. The van der Waals surface area contributed by atoms with Gasteiger partial charge in [-0.15, -0.1) is 0 Å². The quantitative estimate of drug-likeness (QED) is 0.192. The van der Waals surface area contributed by atoms with Crippen molar-refractivity contribution in [2.45, 2.75) is 46.6 Å². The van der Waals surface area contributed by atoms with Crippen molar-refractivity contribution in [2.24, 2.45) is 0 Å². The summed E-state index contributed by atoms with van der Waals surface area (Å²) >= 11 is 8.96. The molecule has 1 aliphatic rings. The van der Waals surface area contributed by atoms with Gasteiger partial charge in [0.05, 0.1) is 67.9 Å². The molecule has 39 heavy (non-hydrogen) atoms. The van der Waals surface area contributed by atoms with Crippen molar-refractivity contribution in [1.29, 1.82) is 5.26 Å². The monoisotopic (exact) mass is 647 g/mol. The van der Waals surface area contributed by atoms with Gasteiger partial charge in [0.15, 0.2) is 0 Å². The van der Waals surface area contributed by atoms with Gasteiger partial charge in [0.25, 0.3) is 0 Å². The van der Waals surface area contributed by atoms with Crippen molar-refractivity contribution in [1.82, 2.24) is 22.5 Å². The van der Waals surface area contributed by atoms with Crippen molar-refractivity contribution >= 4 is 51.3 Å². The normalized spacial score (nSPS) is 13.1. The molecule has 7 nitrogen and oxygen atoms in total. The van der Waals surface area contributed by atoms with Gasteiger partial charge in [-0.3, -0.25) is 2.78 Å². The summed E-state index contributed by atoms with van der Waals surface area (Å²) in [6, 6.07) is 15.0. The zero-order valence-corrected chi connectivity index (χ0v) is 25.0. The Labute approximate surface area is 246 Å². The van der Waals surface area contributed by atoms with Crippen molar-refractivity contribution in [3.05, 3.63) is 87.5 Å². The number of aromatic nitrogens is 5. The van der Waals surface area contributed by atoms with Crippen LogP contribution in [0.4, 0.5) is 5.95 Å². The first kappa shape index (κ1) is 25.8. The summed E-state index contributed by atoms with van der Waals surface area (Å²) in [6.07, 6.45) is 6.27. The molecule has 196 valence electrons. The first-order chi connectivity index (χ1) is 18.9. The van der Waals surface area contributed by atoms with Crippen LogP contribution in [0.2, 0.25) is 5.02 Å². The van der Waals surface area contributed by atoms with Gasteiger partial charge in [-0.25, -0.2) is 14.6 Å². The average Bonchev–Trinajstić information content (AvgIpc) is 3.53. The minimum Gasteiger partial charge on any atom is -0.336 e. The first-order valence-corrected chi connectivity index (χ1v) is 14.5. The van der Waals surface area contributed by atoms with Gasteiger partial charge >= 0.3 is 0 Å². The number of anilines is 1. The summed E-state index contributed by atoms with van der Waals surface area (Å²) in [7, 11) is 0. The molecule has 0 bridgehead atoms. The minimum atomic E-state index is 0.500. The molecule has 0 fully saturated rings. The molecule has 6 rings (SSSR count). The lowest BCUT2D eigenvalue weighted by Gasteiger charge is -2.27. The van der Waals surface area contributed by atoms with E-state index in [0.717, 1.165) is 58.7 Å². The van der Waals surface area contributed by atoms with Crippen LogP contribution in [0, 0.1) is 18.3 Å². The van der Waals surface area contributed by atoms with Gasteiger partial charge in [-0.1, -0.05) is 49.7 Å². The molecule has 4 heterocycles. The third-order valence-electron chi connectivity index (χ3n) is 7.59. The van der Waals surface area contributed by atoms with E-state index in [4.69, 9.17) is 16.7 Å². The Kier molecular flexibility index (Phi) is 6.81. The predicted molar refractivity (Wildman–Crippen MR) is 164 cm³/mol. The molecule has 2 aromatic carbocycles. The topological polar surface area (TPSA) is 75.6 Å². The number of aryl methyl sites for hydroxylation is 3. The van der Waals surface area contributed by atoms with Crippen molar-refractivity contribution in [2.75, 3.05) is 11.4 Å². The van der Waals surface area contributed by atoms with Crippen LogP contribution in [0.1, 0.15) is 47.5 Å². The predicted octanol–water partition coefficient (Wildman–Crippen LogP) is 7.00. The van der Waals surface area contributed by atoms with Crippen LogP contribution in [0.15, 0.2) is 48.8 Å². The van der Waals surface area contributed by atoms with Crippen molar-refractivity contribution in [3.8, 4) is 23.0 Å². The molecule has 0 saturated carbocycles. The smallest absolute Gasteiger partial charge is 0.225 e. The Morgan fingerprint density at radius 3 is 2.56 bits per heavy atom. The third kappa shape index (κ3) is 4.28. The standard InChI is InChI=1S/C30H27ClIN7/c1-4-19-7-6-8-20(5-2)27(19)39-28(22-9-10-25(31)29-23(22)11-14-38(29)32)24-17-37(13-12-26(24)36-39)30-34-16-21(15-33)18(3)35-30/h6-11,14,16H,4-5,12-13,17H2,1-3H3. The van der Waals surface area contributed by atoms with E-state index in [1.807, 2.05) is 22.0 Å². The minimum absolute atomic E-state index is 0.500. The highest BCUT2D eigenvalue weighted by molar-refractivity contribution is 14.1. The van der Waals surface area contributed by atoms with Gasteiger partial charge in [0, 0.05) is 42.2 Å². The molecule has 0 amide bonds. The SMILES string of the molecule is CCc1cccc(CC)c1-n1nc2c(c1-c1ccc(Cl)c3c1ccn3I)CN(c1ncc(C#N)c(C)n1)CC2. The zero-order chi connectivity index (χ0) is 27.3. The summed E-state index contributed by atoms with van der Waals surface area (Å²) in [5.41, 5.74) is 10.4. The van der Waals surface area contributed by atoms with E-state index >= 15 is 0 Å². The second kappa shape index (κ2) is 10.3. The van der Waals surface area contributed by atoms with Gasteiger partial charge in [-0.2, -0.15) is 10.4 Å². The van der Waals surface area contributed by atoms with Crippen LogP contribution in [-0.4, -0.2) is 29.1 Å². The molecule has 1 aliphatic heterocycles. The van der Waals surface area contributed by atoms with Crippen molar-refractivity contribution < 1.29 is 0 Å². The van der Waals surface area contributed by atoms with Crippen LogP contribution in [0.5, 0.6) is 0 Å². The summed E-state index contributed by atoms with van der Waals surface area (Å²) in [4.78, 5) is 11.4. The number of rotatable bonds is 5. The molecule has 0 N–H and O–H groups in total. The number of benzene rings is 2. The fourth-order valence-corrected chi connectivity index (χ4v) is 6.65. The Bertz CT molecular complexity index is 1760. The fourth-order valence-electron chi connectivity index (χ4n) is 5.57. The van der Waals surface area contributed by atoms with E-state index in [1.165, 1.54) is 22.4 Å². The van der Waals surface area contributed by atoms with E-state index in [0.29, 0.717) is 23.8 Å². The van der Waals surface area contributed by atoms with Crippen molar-refractivity contribution in [3.63, 3.8) is 0 Å². The number of nitrogens with zero attached hydrogens (tertiary/aromatic N) is 7. The van der Waals surface area contributed by atoms with Gasteiger partial charge in [0.1, 0.15) is 6.07 Å². The molecule has 0 aliphatic carbocycles. The molecular weight excluding hydrogens is 621 g/mol. The molecule has 3 aromatic heterocycles. The Morgan fingerprint density at radius 2 is 1.87 bits per heavy atom. The summed E-state index contributed by atoms with van der Waals surface area (Å²) < 4.78 is 4.23. The van der Waals surface area contributed by atoms with Gasteiger partial charge < -0.3 is 4.90 Å². The molecule has 0 spiro atoms. The van der Waals surface area contributed by atoms with E-state index in [9.17, 15) is 5.26 Å². The second-order valence-electron chi connectivity index (χ2n) is 9.75. The fraction of sp³-hybridized carbons (Fsp3) is 0.267. The molecule has 5 aromatic rings. The first-order valence-electron chi connectivity index (χ1n) is 13.1. The Balaban J connectivity index is 1.61. The maximum Gasteiger partial charge on any atom is 0.225 e. The number of nitriles is 1. The number of halogens is 2. The molecule has 0 radical (unpaired) electrons. The van der Waals surface area contributed by atoms with E-state index in [1.54, 1.807) is 6.20 Å². The van der Waals surface area contributed by atoms with Crippen LogP contribution in [-0.2, 0) is 25.8 Å². The van der Waals surface area contributed by atoms with Crippen LogP contribution >= 0.6 is 34.5 Å². The molecule has 0 unspecified atom stereocenters. The average molecular weight is 648 g/mol. The van der Waals surface area contributed by atoms with E-state index in [2.05, 4.69) is 92.7 Å². The molecule has 9 heteroatoms. The lowest BCUT2D eigenvalue weighted by molar-refractivity contribution is 0.692. The Hall–Kier alpha value is -3.42. The lowest BCUT2D eigenvalue weighted by Crippen LogP contribution is -2.32. The summed E-state index contributed by atoms with van der Waals surface area (Å²) in [5, 5.41) is 16.5. The second-order valence-corrected chi connectivity index (χ2v) is 11.2. The number of fused-ring (bicyclic) bond motifs is 2. The highest BCUT2D eigenvalue weighted by Crippen LogP contribution is 2.41. The van der Waals surface area contributed by atoms with Gasteiger partial charge in [0.2, 0.25) is 5.95 Å². The summed E-state index contributed by atoms with van der Waals surface area (Å²) in [6.45, 7) is 7.64.